The van der Waals surface area contributed by atoms with E-state index in [1.807, 2.05) is 30.2 Å². The summed E-state index contributed by atoms with van der Waals surface area (Å²) in [5.74, 6) is 2.41. The molecule has 2 aromatic rings. The largest absolute Gasteiger partial charge is 0.393 e. The lowest BCUT2D eigenvalue weighted by molar-refractivity contribution is 0.111. The molecule has 4 rings (SSSR count). The van der Waals surface area contributed by atoms with Gasteiger partial charge in [-0.05, 0) is 50.5 Å². The maximum Gasteiger partial charge on any atom is 0.223 e. The van der Waals surface area contributed by atoms with Crippen LogP contribution in [0.2, 0.25) is 0 Å². The van der Waals surface area contributed by atoms with Crippen molar-refractivity contribution >= 4 is 11.8 Å². The van der Waals surface area contributed by atoms with E-state index < -0.39 is 0 Å². The molecule has 2 aliphatic rings. The monoisotopic (exact) mass is 356 g/mol. The van der Waals surface area contributed by atoms with E-state index >= 15 is 0 Å². The van der Waals surface area contributed by atoms with Crippen molar-refractivity contribution in [3.05, 3.63) is 18.5 Å². The lowest BCUT2D eigenvalue weighted by atomic mass is 9.87. The van der Waals surface area contributed by atoms with Gasteiger partial charge in [-0.3, -0.25) is 4.68 Å². The predicted molar refractivity (Wildman–Crippen MR) is 102 cm³/mol. The quantitative estimate of drug-likeness (QED) is 0.857. The lowest BCUT2D eigenvalue weighted by Crippen LogP contribution is -2.24. The lowest BCUT2D eigenvalue weighted by Gasteiger charge is -2.25. The number of aliphatic hydroxyl groups is 1. The summed E-state index contributed by atoms with van der Waals surface area (Å²) in [6, 6.07) is 1.96. The van der Waals surface area contributed by atoms with Crippen LogP contribution in [0.3, 0.4) is 0 Å². The van der Waals surface area contributed by atoms with Crippen LogP contribution in [0.4, 0.5) is 11.8 Å². The van der Waals surface area contributed by atoms with Gasteiger partial charge in [0.1, 0.15) is 5.82 Å². The molecule has 1 saturated heterocycles. The first-order valence-electron chi connectivity index (χ1n) is 9.73. The molecule has 0 radical (unpaired) electrons. The molecule has 26 heavy (non-hydrogen) atoms. The molecule has 3 heterocycles. The third kappa shape index (κ3) is 3.67. The fourth-order valence-corrected chi connectivity index (χ4v) is 4.09. The number of hydrogen-bond acceptors (Lipinski definition) is 6. The minimum absolute atomic E-state index is 0.111. The maximum atomic E-state index is 9.64. The van der Waals surface area contributed by atoms with Crippen molar-refractivity contribution in [2.75, 3.05) is 29.9 Å². The van der Waals surface area contributed by atoms with Crippen molar-refractivity contribution in [1.29, 1.82) is 0 Å². The number of aromatic nitrogens is 4. The molecule has 1 aliphatic carbocycles. The average molecular weight is 356 g/mol. The predicted octanol–water partition coefficient (Wildman–Crippen LogP) is 2.44. The highest BCUT2D eigenvalue weighted by Gasteiger charge is 2.22. The zero-order valence-corrected chi connectivity index (χ0v) is 15.4. The fourth-order valence-electron chi connectivity index (χ4n) is 4.09. The van der Waals surface area contributed by atoms with Gasteiger partial charge in [0, 0.05) is 32.9 Å². The molecular weight excluding hydrogens is 328 g/mol. The van der Waals surface area contributed by atoms with E-state index in [1.165, 1.54) is 12.8 Å². The van der Waals surface area contributed by atoms with Crippen molar-refractivity contribution in [1.82, 2.24) is 19.7 Å². The molecule has 2 aromatic heterocycles. The van der Waals surface area contributed by atoms with Crippen molar-refractivity contribution in [2.45, 2.75) is 44.6 Å². The van der Waals surface area contributed by atoms with Gasteiger partial charge >= 0.3 is 0 Å². The minimum atomic E-state index is -0.111. The summed E-state index contributed by atoms with van der Waals surface area (Å²) in [4.78, 5) is 11.5. The van der Waals surface area contributed by atoms with E-state index in [0.29, 0.717) is 11.9 Å². The molecule has 2 fully saturated rings. The van der Waals surface area contributed by atoms with Crippen LogP contribution in [0.25, 0.3) is 11.3 Å². The molecule has 140 valence electrons. The molecule has 0 unspecified atom stereocenters. The van der Waals surface area contributed by atoms with Gasteiger partial charge in [-0.15, -0.1) is 0 Å². The zero-order valence-electron chi connectivity index (χ0n) is 15.4. The second kappa shape index (κ2) is 7.61. The third-order valence-electron chi connectivity index (χ3n) is 5.61. The highest BCUT2D eigenvalue weighted by molar-refractivity contribution is 5.73. The first-order chi connectivity index (χ1) is 12.7. The van der Waals surface area contributed by atoms with E-state index in [1.54, 1.807) is 0 Å². The van der Waals surface area contributed by atoms with Gasteiger partial charge in [-0.25, -0.2) is 9.97 Å². The Balaban J connectivity index is 1.48. The normalized spacial score (nSPS) is 23.4. The van der Waals surface area contributed by atoms with Crippen LogP contribution in [-0.2, 0) is 7.05 Å². The van der Waals surface area contributed by atoms with Crippen LogP contribution in [0.15, 0.2) is 18.5 Å². The van der Waals surface area contributed by atoms with Crippen LogP contribution in [0, 0.1) is 5.92 Å². The Bertz CT molecular complexity index is 731. The molecule has 1 aliphatic heterocycles. The Labute approximate surface area is 154 Å². The Morgan fingerprint density at radius 3 is 2.73 bits per heavy atom. The number of nitrogens with one attached hydrogen (secondary N) is 1. The number of hydrogen-bond donors (Lipinski definition) is 2. The summed E-state index contributed by atoms with van der Waals surface area (Å²) in [6.07, 6.45) is 10.0. The fraction of sp³-hybridized carbons (Fsp3) is 0.632. The van der Waals surface area contributed by atoms with Gasteiger partial charge in [0.05, 0.1) is 23.6 Å². The molecular formula is C19H28N6O. The van der Waals surface area contributed by atoms with Crippen molar-refractivity contribution in [3.8, 4) is 11.3 Å². The third-order valence-corrected chi connectivity index (χ3v) is 5.61. The van der Waals surface area contributed by atoms with Crippen LogP contribution in [0.1, 0.15) is 38.5 Å². The summed E-state index contributed by atoms with van der Waals surface area (Å²) in [5.41, 5.74) is 1.98. The smallest absolute Gasteiger partial charge is 0.223 e. The van der Waals surface area contributed by atoms with E-state index in [4.69, 9.17) is 4.98 Å². The highest BCUT2D eigenvalue weighted by atomic mass is 16.3. The molecule has 1 saturated carbocycles. The van der Waals surface area contributed by atoms with E-state index in [-0.39, 0.29) is 6.10 Å². The second-order valence-corrected chi connectivity index (χ2v) is 7.52. The standard InChI is InChI=1S/C19H28N6O/c1-24-18(25-10-2-3-11-25)16(13-22-24)17-8-9-20-19(23-17)21-12-14-4-6-15(26)7-5-14/h8-9,13-15,26H,2-7,10-12H2,1H3,(H,20,21,23). The Morgan fingerprint density at radius 1 is 1.19 bits per heavy atom. The first kappa shape index (κ1) is 17.3. The molecule has 7 nitrogen and oxygen atoms in total. The van der Waals surface area contributed by atoms with E-state index in [9.17, 15) is 5.11 Å². The number of anilines is 2. The maximum absolute atomic E-state index is 9.64. The van der Waals surface area contributed by atoms with Crippen molar-refractivity contribution in [3.63, 3.8) is 0 Å². The second-order valence-electron chi connectivity index (χ2n) is 7.52. The van der Waals surface area contributed by atoms with Gasteiger partial charge in [-0.2, -0.15) is 5.10 Å². The van der Waals surface area contributed by atoms with E-state index in [2.05, 4.69) is 20.3 Å². The minimum Gasteiger partial charge on any atom is -0.393 e. The summed E-state index contributed by atoms with van der Waals surface area (Å²) in [7, 11) is 2.00. The highest BCUT2D eigenvalue weighted by Crippen LogP contribution is 2.31. The number of rotatable bonds is 5. The summed E-state index contributed by atoms with van der Waals surface area (Å²) in [6.45, 7) is 3.02. The van der Waals surface area contributed by atoms with Gasteiger partial charge in [0.15, 0.2) is 0 Å². The molecule has 2 N–H and O–H groups in total. The van der Waals surface area contributed by atoms with Gasteiger partial charge in [0.25, 0.3) is 0 Å². The first-order valence-corrected chi connectivity index (χ1v) is 9.73. The molecule has 0 atom stereocenters. The number of nitrogens with zero attached hydrogens (tertiary/aromatic N) is 5. The Morgan fingerprint density at radius 2 is 1.96 bits per heavy atom. The van der Waals surface area contributed by atoms with Gasteiger partial charge in [-0.1, -0.05) is 0 Å². The molecule has 0 amide bonds. The number of aliphatic hydroxyl groups excluding tert-OH is 1. The molecule has 0 bridgehead atoms. The van der Waals surface area contributed by atoms with Crippen molar-refractivity contribution < 1.29 is 5.11 Å². The summed E-state index contributed by atoms with van der Waals surface area (Å²) < 4.78 is 1.95. The molecule has 0 spiro atoms. The van der Waals surface area contributed by atoms with Crippen LogP contribution < -0.4 is 10.2 Å². The summed E-state index contributed by atoms with van der Waals surface area (Å²) in [5, 5.41) is 17.5. The number of aryl methyl sites for hydroxylation is 1. The molecule has 0 aromatic carbocycles. The summed E-state index contributed by atoms with van der Waals surface area (Å²) >= 11 is 0. The van der Waals surface area contributed by atoms with E-state index in [0.717, 1.165) is 62.4 Å². The zero-order chi connectivity index (χ0) is 17.9. The topological polar surface area (TPSA) is 79.1 Å². The molecule has 7 heteroatoms. The van der Waals surface area contributed by atoms with Crippen LogP contribution in [0.5, 0.6) is 0 Å². The van der Waals surface area contributed by atoms with Crippen LogP contribution in [-0.4, -0.2) is 50.6 Å². The van der Waals surface area contributed by atoms with Gasteiger partial charge in [0.2, 0.25) is 5.95 Å². The Kier molecular flexibility index (Phi) is 5.06. The Hall–Kier alpha value is -2.15. The SMILES string of the molecule is Cn1ncc(-c2ccnc(NCC3CCC(O)CC3)n2)c1N1CCCC1. The average Bonchev–Trinajstić information content (AvgIpc) is 3.31. The van der Waals surface area contributed by atoms with Crippen LogP contribution >= 0.6 is 0 Å². The van der Waals surface area contributed by atoms with Crippen molar-refractivity contribution in [2.24, 2.45) is 13.0 Å². The van der Waals surface area contributed by atoms with Gasteiger partial charge < -0.3 is 15.3 Å².